The Morgan fingerprint density at radius 3 is 2.79 bits per heavy atom. The summed E-state index contributed by atoms with van der Waals surface area (Å²) in [6, 6.07) is 4.11. The highest BCUT2D eigenvalue weighted by Crippen LogP contribution is 2.36. The molecule has 0 saturated heterocycles. The van der Waals surface area contributed by atoms with E-state index in [-0.39, 0.29) is 6.10 Å². The van der Waals surface area contributed by atoms with E-state index in [4.69, 9.17) is 0 Å². The molecule has 0 bridgehead atoms. The van der Waals surface area contributed by atoms with Gasteiger partial charge < -0.3 is 10.4 Å². The van der Waals surface area contributed by atoms with Crippen molar-refractivity contribution in [2.24, 2.45) is 5.92 Å². The van der Waals surface area contributed by atoms with Gasteiger partial charge in [0.15, 0.2) is 0 Å². The molecule has 2 N–H and O–H groups in total. The van der Waals surface area contributed by atoms with E-state index in [0.717, 1.165) is 17.8 Å². The van der Waals surface area contributed by atoms with Crippen molar-refractivity contribution in [1.29, 1.82) is 0 Å². The van der Waals surface area contributed by atoms with Gasteiger partial charge >= 0.3 is 0 Å². The third kappa shape index (κ3) is 1.30. The molecule has 1 aliphatic heterocycles. The van der Waals surface area contributed by atoms with E-state index >= 15 is 0 Å². The van der Waals surface area contributed by atoms with Crippen molar-refractivity contribution in [3.63, 3.8) is 0 Å². The minimum atomic E-state index is -0.314. The number of hydrogen-bond acceptors (Lipinski definition) is 2. The van der Waals surface area contributed by atoms with Gasteiger partial charge in [-0.25, -0.2) is 0 Å². The van der Waals surface area contributed by atoms with Crippen LogP contribution in [0.5, 0.6) is 0 Å². The van der Waals surface area contributed by atoms with Crippen molar-refractivity contribution in [2.75, 3.05) is 11.9 Å². The van der Waals surface area contributed by atoms with Crippen LogP contribution >= 0.6 is 0 Å². The number of aliphatic hydroxyl groups excluding tert-OH is 1. The predicted molar refractivity (Wildman–Crippen MR) is 58.5 cm³/mol. The summed E-state index contributed by atoms with van der Waals surface area (Å²) in [5, 5.41) is 13.4. The molecule has 0 amide bonds. The Bertz CT molecular complexity index is 360. The fraction of sp³-hybridized carbons (Fsp3) is 0.500. The van der Waals surface area contributed by atoms with E-state index in [1.54, 1.807) is 0 Å². The zero-order chi connectivity index (χ0) is 10.3. The van der Waals surface area contributed by atoms with Crippen molar-refractivity contribution in [2.45, 2.75) is 26.9 Å². The van der Waals surface area contributed by atoms with Gasteiger partial charge in [0.1, 0.15) is 0 Å². The lowest BCUT2D eigenvalue weighted by Gasteiger charge is -2.30. The number of hydrogen-bond donors (Lipinski definition) is 2. The SMILES string of the molecule is Cc1ccc2c(c1C)NCC(C)C2O. The van der Waals surface area contributed by atoms with Gasteiger partial charge in [0, 0.05) is 23.7 Å². The molecule has 2 nitrogen and oxygen atoms in total. The predicted octanol–water partition coefficient (Wildman–Crippen LogP) is 2.40. The first-order valence-electron chi connectivity index (χ1n) is 5.13. The molecule has 2 atom stereocenters. The second-order valence-electron chi connectivity index (χ2n) is 4.27. The molecule has 0 radical (unpaired) electrons. The Morgan fingerprint density at radius 2 is 2.07 bits per heavy atom. The quantitative estimate of drug-likeness (QED) is 0.660. The van der Waals surface area contributed by atoms with Crippen LogP contribution in [0.15, 0.2) is 12.1 Å². The molecule has 2 unspecified atom stereocenters. The first-order chi connectivity index (χ1) is 6.61. The molecule has 0 aromatic heterocycles. The number of rotatable bonds is 0. The second kappa shape index (κ2) is 3.28. The van der Waals surface area contributed by atoms with Gasteiger partial charge in [-0.3, -0.25) is 0 Å². The number of benzene rings is 1. The highest BCUT2D eigenvalue weighted by molar-refractivity contribution is 5.62. The first-order valence-corrected chi connectivity index (χ1v) is 5.13. The van der Waals surface area contributed by atoms with E-state index < -0.39 is 0 Å². The van der Waals surface area contributed by atoms with E-state index in [2.05, 4.69) is 32.2 Å². The molecule has 1 heterocycles. The normalized spacial score (nSPS) is 25.4. The summed E-state index contributed by atoms with van der Waals surface area (Å²) in [5.74, 6) is 0.296. The molecule has 14 heavy (non-hydrogen) atoms. The molecule has 1 aliphatic rings. The maximum Gasteiger partial charge on any atom is 0.0852 e. The van der Waals surface area contributed by atoms with E-state index in [0.29, 0.717) is 5.92 Å². The van der Waals surface area contributed by atoms with Crippen LogP contribution in [0.2, 0.25) is 0 Å². The lowest BCUT2D eigenvalue weighted by Crippen LogP contribution is -2.26. The zero-order valence-electron chi connectivity index (χ0n) is 8.96. The van der Waals surface area contributed by atoms with Gasteiger partial charge in [0.2, 0.25) is 0 Å². The average molecular weight is 191 g/mol. The van der Waals surface area contributed by atoms with Crippen LogP contribution < -0.4 is 5.32 Å². The molecular formula is C12H17NO. The number of aliphatic hydroxyl groups is 1. The third-order valence-electron chi connectivity index (χ3n) is 3.23. The van der Waals surface area contributed by atoms with Crippen molar-refractivity contribution in [1.82, 2.24) is 0 Å². The fourth-order valence-electron chi connectivity index (χ4n) is 2.00. The van der Waals surface area contributed by atoms with Crippen LogP contribution in [0.25, 0.3) is 0 Å². The van der Waals surface area contributed by atoms with Crippen LogP contribution in [0, 0.1) is 19.8 Å². The summed E-state index contributed by atoms with van der Waals surface area (Å²) in [4.78, 5) is 0. The smallest absolute Gasteiger partial charge is 0.0852 e. The Morgan fingerprint density at radius 1 is 1.36 bits per heavy atom. The van der Waals surface area contributed by atoms with E-state index in [9.17, 15) is 5.11 Å². The molecule has 1 aromatic carbocycles. The summed E-state index contributed by atoms with van der Waals surface area (Å²) in [7, 11) is 0. The molecule has 0 fully saturated rings. The highest BCUT2D eigenvalue weighted by Gasteiger charge is 2.25. The maximum atomic E-state index is 10.0. The lowest BCUT2D eigenvalue weighted by molar-refractivity contribution is 0.120. The largest absolute Gasteiger partial charge is 0.388 e. The van der Waals surface area contributed by atoms with Gasteiger partial charge in [0.25, 0.3) is 0 Å². The number of fused-ring (bicyclic) bond motifs is 1. The first kappa shape index (κ1) is 9.53. The average Bonchev–Trinajstić information content (AvgIpc) is 2.17. The Hall–Kier alpha value is -1.02. The van der Waals surface area contributed by atoms with Gasteiger partial charge in [-0.1, -0.05) is 19.1 Å². The van der Waals surface area contributed by atoms with Crippen molar-refractivity contribution < 1.29 is 5.11 Å². The topological polar surface area (TPSA) is 32.3 Å². The Balaban J connectivity index is 2.53. The standard InChI is InChI=1S/C12H17NO/c1-7-4-5-10-11(9(7)3)13-6-8(2)12(10)14/h4-5,8,12-14H,6H2,1-3H3. The number of nitrogens with one attached hydrogen (secondary N) is 1. The monoisotopic (exact) mass is 191 g/mol. The van der Waals surface area contributed by atoms with E-state index in [1.165, 1.54) is 11.1 Å². The summed E-state index contributed by atoms with van der Waals surface area (Å²) in [6.45, 7) is 7.12. The minimum absolute atomic E-state index is 0.296. The molecule has 0 spiro atoms. The Labute approximate surface area is 85.0 Å². The van der Waals surface area contributed by atoms with Gasteiger partial charge in [-0.05, 0) is 25.0 Å². The summed E-state index contributed by atoms with van der Waals surface area (Å²) in [5.41, 5.74) is 4.72. The fourth-order valence-corrected chi connectivity index (χ4v) is 2.00. The zero-order valence-corrected chi connectivity index (χ0v) is 8.96. The third-order valence-corrected chi connectivity index (χ3v) is 3.23. The summed E-state index contributed by atoms with van der Waals surface area (Å²) in [6.07, 6.45) is -0.314. The summed E-state index contributed by atoms with van der Waals surface area (Å²) < 4.78 is 0. The highest BCUT2D eigenvalue weighted by atomic mass is 16.3. The van der Waals surface area contributed by atoms with Gasteiger partial charge in [-0.15, -0.1) is 0 Å². The van der Waals surface area contributed by atoms with Gasteiger partial charge in [-0.2, -0.15) is 0 Å². The lowest BCUT2D eigenvalue weighted by atomic mass is 9.89. The number of aryl methyl sites for hydroxylation is 1. The van der Waals surface area contributed by atoms with Crippen LogP contribution in [0.1, 0.15) is 29.7 Å². The molecule has 0 saturated carbocycles. The van der Waals surface area contributed by atoms with Crippen LogP contribution in [-0.2, 0) is 0 Å². The molecule has 2 rings (SSSR count). The van der Waals surface area contributed by atoms with Gasteiger partial charge in [0.05, 0.1) is 6.10 Å². The van der Waals surface area contributed by atoms with Crippen LogP contribution in [-0.4, -0.2) is 11.7 Å². The van der Waals surface area contributed by atoms with Crippen molar-refractivity contribution >= 4 is 5.69 Å². The molecule has 0 aliphatic carbocycles. The summed E-state index contributed by atoms with van der Waals surface area (Å²) >= 11 is 0. The molecule has 1 aromatic rings. The van der Waals surface area contributed by atoms with Crippen LogP contribution in [0.4, 0.5) is 5.69 Å². The second-order valence-corrected chi connectivity index (χ2v) is 4.27. The minimum Gasteiger partial charge on any atom is -0.388 e. The van der Waals surface area contributed by atoms with Crippen molar-refractivity contribution in [3.8, 4) is 0 Å². The van der Waals surface area contributed by atoms with Crippen molar-refractivity contribution in [3.05, 3.63) is 28.8 Å². The molecule has 76 valence electrons. The molecular weight excluding hydrogens is 174 g/mol. The molecule has 2 heteroatoms. The van der Waals surface area contributed by atoms with Crippen LogP contribution in [0.3, 0.4) is 0 Å². The number of anilines is 1. The van der Waals surface area contributed by atoms with E-state index in [1.807, 2.05) is 6.07 Å². The maximum absolute atomic E-state index is 10.0. The Kier molecular flexibility index (Phi) is 2.23.